The zero-order valence-electron chi connectivity index (χ0n) is 28.4. The molecule has 0 spiro atoms. The zero-order valence-corrected chi connectivity index (χ0v) is 29.1. The Balaban J connectivity index is 0.959. The van der Waals surface area contributed by atoms with Crippen LogP contribution in [0.2, 0.25) is 5.02 Å². The first-order valence-corrected chi connectivity index (χ1v) is 18.3. The van der Waals surface area contributed by atoms with Crippen LogP contribution in [0.4, 0.5) is 4.39 Å². The first-order chi connectivity index (χ1) is 23.5. The molecular formula is C40H46ClFN2O5. The Bertz CT molecular complexity index is 1740. The molecule has 4 saturated carbocycles. The van der Waals surface area contributed by atoms with Crippen LogP contribution in [0, 0.1) is 34.4 Å². The van der Waals surface area contributed by atoms with E-state index in [2.05, 4.69) is 17.6 Å². The smallest absolute Gasteiger partial charge is 0.312 e. The van der Waals surface area contributed by atoms with Crippen LogP contribution in [0.25, 0.3) is 10.8 Å². The fourth-order valence-electron chi connectivity index (χ4n) is 8.74. The van der Waals surface area contributed by atoms with Gasteiger partial charge in [0.25, 0.3) is 5.91 Å². The van der Waals surface area contributed by atoms with E-state index >= 15 is 4.39 Å². The third-order valence-corrected chi connectivity index (χ3v) is 12.4. The highest BCUT2D eigenvalue weighted by Gasteiger charge is 2.52. The summed E-state index contributed by atoms with van der Waals surface area (Å²) in [6.07, 6.45) is 8.12. The Morgan fingerprint density at radius 2 is 1.67 bits per heavy atom. The fraction of sp³-hybridized carbons (Fsp3) is 0.525. The van der Waals surface area contributed by atoms with Crippen molar-refractivity contribution < 1.29 is 28.2 Å². The lowest BCUT2D eigenvalue weighted by atomic mass is 9.70. The van der Waals surface area contributed by atoms with Gasteiger partial charge < -0.3 is 20.1 Å². The van der Waals surface area contributed by atoms with E-state index in [9.17, 15) is 14.4 Å². The maximum atomic E-state index is 15.1. The first kappa shape index (κ1) is 33.8. The predicted molar refractivity (Wildman–Crippen MR) is 187 cm³/mol. The fourth-order valence-corrected chi connectivity index (χ4v) is 8.98. The van der Waals surface area contributed by atoms with Crippen LogP contribution in [0.15, 0.2) is 54.6 Å². The Kier molecular flexibility index (Phi) is 9.37. The molecule has 260 valence electrons. The molecular weight excluding hydrogens is 643 g/mol. The van der Waals surface area contributed by atoms with Crippen LogP contribution in [0.5, 0.6) is 5.75 Å². The van der Waals surface area contributed by atoms with Crippen molar-refractivity contribution in [2.24, 2.45) is 28.6 Å². The highest BCUT2D eigenvalue weighted by molar-refractivity contribution is 6.34. The Morgan fingerprint density at radius 1 is 0.939 bits per heavy atom. The van der Waals surface area contributed by atoms with E-state index in [1.807, 2.05) is 49.4 Å². The normalized spacial score (nSPS) is 28.4. The highest BCUT2D eigenvalue weighted by atomic mass is 35.5. The SMILES string of the molecule is CC1(CNC(=O)[C@H]2[C@@H]3CC[C@@H](C3)[C@H]2NC(=O)c2cc(OC3CCC(C)(C(=O)OCc4cccc5ccccc45)CC3)c(F)cc2Cl)CCC1. The van der Waals surface area contributed by atoms with Crippen LogP contribution in [-0.4, -0.2) is 36.5 Å². The number of amides is 2. The van der Waals surface area contributed by atoms with Crippen molar-refractivity contribution >= 4 is 40.2 Å². The molecule has 2 bridgehead atoms. The number of nitrogens with one attached hydrogen (secondary N) is 2. The summed E-state index contributed by atoms with van der Waals surface area (Å²) in [6.45, 7) is 4.99. The monoisotopic (exact) mass is 688 g/mol. The van der Waals surface area contributed by atoms with Crippen LogP contribution in [0.1, 0.15) is 94.0 Å². The lowest BCUT2D eigenvalue weighted by Gasteiger charge is -2.39. The van der Waals surface area contributed by atoms with E-state index in [1.54, 1.807) is 0 Å². The molecule has 0 heterocycles. The van der Waals surface area contributed by atoms with E-state index in [-0.39, 0.29) is 70.1 Å². The molecule has 0 radical (unpaired) electrons. The van der Waals surface area contributed by atoms with Gasteiger partial charge >= 0.3 is 5.97 Å². The summed E-state index contributed by atoms with van der Waals surface area (Å²) < 4.78 is 27.1. The van der Waals surface area contributed by atoms with Crippen molar-refractivity contribution in [3.8, 4) is 5.75 Å². The molecule has 0 aliphatic heterocycles. The van der Waals surface area contributed by atoms with Crippen LogP contribution in [-0.2, 0) is 20.9 Å². The van der Waals surface area contributed by atoms with Gasteiger partial charge in [0.05, 0.1) is 28.0 Å². The van der Waals surface area contributed by atoms with E-state index in [4.69, 9.17) is 21.1 Å². The zero-order chi connectivity index (χ0) is 34.3. The Hall–Kier alpha value is -3.65. The standard InChI is InChI=1S/C40H46ClFN2O5/c1-39(15-6-16-39)23-43-37(46)34-25-11-12-26(19-25)35(34)44-36(45)30-20-33(32(42)21-31(30)41)49-28-13-17-40(2,18-14-28)38(47)48-22-27-9-5-8-24-7-3-4-10-29(24)27/h3-5,7-10,20-21,25-26,28,34-35H,6,11-19,22-23H2,1-2H3,(H,43,46)(H,44,45)/t25-,26+,28?,34+,35-,40?/m1/s1. The minimum atomic E-state index is -0.673. The van der Waals surface area contributed by atoms with Gasteiger partial charge in [-0.05, 0) is 110 Å². The number of esters is 1. The lowest BCUT2D eigenvalue weighted by molar-refractivity contribution is -0.159. The Labute approximate surface area is 292 Å². The molecule has 7 nitrogen and oxygen atoms in total. The minimum absolute atomic E-state index is 0.00502. The number of carbonyl (C=O) groups excluding carboxylic acids is 3. The minimum Gasteiger partial charge on any atom is -0.487 e. The summed E-state index contributed by atoms with van der Waals surface area (Å²) in [6, 6.07) is 16.2. The number of rotatable bonds is 10. The third kappa shape index (κ3) is 6.90. The highest BCUT2D eigenvalue weighted by Crippen LogP contribution is 2.49. The molecule has 4 atom stereocenters. The summed E-state index contributed by atoms with van der Waals surface area (Å²) in [5, 5.41) is 8.46. The summed E-state index contributed by atoms with van der Waals surface area (Å²) in [4.78, 5) is 40.3. The topological polar surface area (TPSA) is 93.7 Å². The van der Waals surface area contributed by atoms with E-state index in [1.165, 1.54) is 12.5 Å². The van der Waals surface area contributed by atoms with Crippen LogP contribution in [0.3, 0.4) is 0 Å². The van der Waals surface area contributed by atoms with Crippen LogP contribution >= 0.6 is 11.6 Å². The van der Waals surface area contributed by atoms with Gasteiger partial charge in [0.1, 0.15) is 6.61 Å². The van der Waals surface area contributed by atoms with Crippen molar-refractivity contribution in [2.45, 2.75) is 96.8 Å². The van der Waals surface area contributed by atoms with E-state index in [0.29, 0.717) is 32.2 Å². The van der Waals surface area contributed by atoms with Gasteiger partial charge in [0.15, 0.2) is 11.6 Å². The third-order valence-electron chi connectivity index (χ3n) is 12.1. The molecule has 9 heteroatoms. The Morgan fingerprint density at radius 3 is 2.43 bits per heavy atom. The molecule has 2 amide bonds. The molecule has 3 aromatic carbocycles. The van der Waals surface area contributed by atoms with Crippen molar-refractivity contribution in [3.63, 3.8) is 0 Å². The van der Waals surface area contributed by atoms with Gasteiger partial charge in [-0.15, -0.1) is 0 Å². The molecule has 0 saturated heterocycles. The number of hydrogen-bond donors (Lipinski definition) is 2. The van der Waals surface area contributed by atoms with Gasteiger partial charge in [-0.2, -0.15) is 0 Å². The molecule has 4 fully saturated rings. The maximum absolute atomic E-state index is 15.1. The van der Waals surface area contributed by atoms with Crippen molar-refractivity contribution in [3.05, 3.63) is 76.6 Å². The largest absolute Gasteiger partial charge is 0.487 e. The van der Waals surface area contributed by atoms with Crippen molar-refractivity contribution in [1.82, 2.24) is 10.6 Å². The molecule has 4 aliphatic carbocycles. The molecule has 2 N–H and O–H groups in total. The molecule has 0 unspecified atom stereocenters. The second-order valence-electron chi connectivity index (χ2n) is 15.6. The average Bonchev–Trinajstić information content (AvgIpc) is 3.69. The number of carbonyl (C=O) groups is 3. The van der Waals surface area contributed by atoms with Crippen molar-refractivity contribution in [2.75, 3.05) is 6.54 Å². The molecule has 3 aromatic rings. The second-order valence-corrected chi connectivity index (χ2v) is 16.0. The predicted octanol–water partition coefficient (Wildman–Crippen LogP) is 8.15. The number of fused-ring (bicyclic) bond motifs is 3. The summed E-state index contributed by atoms with van der Waals surface area (Å²) in [7, 11) is 0. The van der Waals surface area contributed by atoms with Gasteiger partial charge in [-0.3, -0.25) is 14.4 Å². The quantitative estimate of drug-likeness (QED) is 0.210. The summed E-state index contributed by atoms with van der Waals surface area (Å²) in [5.74, 6) is -1.16. The van der Waals surface area contributed by atoms with E-state index in [0.717, 1.165) is 54.5 Å². The first-order valence-electron chi connectivity index (χ1n) is 17.9. The number of ether oxygens (including phenoxy) is 2. The lowest BCUT2D eigenvalue weighted by Crippen LogP contribution is -2.51. The molecule has 49 heavy (non-hydrogen) atoms. The van der Waals surface area contributed by atoms with Crippen molar-refractivity contribution in [1.29, 1.82) is 0 Å². The van der Waals surface area contributed by atoms with E-state index < -0.39 is 17.1 Å². The molecule has 4 aliphatic rings. The number of halogens is 2. The number of hydrogen-bond acceptors (Lipinski definition) is 5. The average molecular weight is 689 g/mol. The molecule has 0 aromatic heterocycles. The van der Waals surface area contributed by atoms with Crippen LogP contribution < -0.4 is 15.4 Å². The maximum Gasteiger partial charge on any atom is 0.312 e. The summed E-state index contributed by atoms with van der Waals surface area (Å²) >= 11 is 6.42. The van der Waals surface area contributed by atoms with Gasteiger partial charge in [-0.1, -0.05) is 67.4 Å². The van der Waals surface area contributed by atoms with Gasteiger partial charge in [-0.25, -0.2) is 4.39 Å². The van der Waals surface area contributed by atoms with Gasteiger partial charge in [0, 0.05) is 12.6 Å². The molecule has 7 rings (SSSR count). The summed E-state index contributed by atoms with van der Waals surface area (Å²) in [5.41, 5.74) is 0.581. The second kappa shape index (κ2) is 13.6. The van der Waals surface area contributed by atoms with Gasteiger partial charge in [0.2, 0.25) is 5.91 Å². The number of benzene rings is 3.